The first-order valence-corrected chi connectivity index (χ1v) is 8.22. The molecular formula is C18H25N3O2. The number of nitrogens with zero attached hydrogens (tertiary/aromatic N) is 1. The molecule has 5 nitrogen and oxygen atoms in total. The van der Waals surface area contributed by atoms with Crippen LogP contribution in [0.25, 0.3) is 0 Å². The number of guanidine groups is 1. The lowest BCUT2D eigenvalue weighted by atomic mass is 9.70. The lowest BCUT2D eigenvalue weighted by molar-refractivity contribution is -0.147. The SMILES string of the molecule is CCC[C@@H](C)C1(CC)C(=O)NC(=Nc2ccc(C)cc2)NC1=O. The minimum Gasteiger partial charge on any atom is -0.295 e. The number of rotatable bonds is 5. The zero-order valence-electron chi connectivity index (χ0n) is 14.3. The van der Waals surface area contributed by atoms with Gasteiger partial charge in [-0.1, -0.05) is 44.9 Å². The number of hydrogen-bond donors (Lipinski definition) is 2. The number of hydrogen-bond acceptors (Lipinski definition) is 3. The Morgan fingerprint density at radius 1 is 1.09 bits per heavy atom. The van der Waals surface area contributed by atoms with E-state index >= 15 is 0 Å². The van der Waals surface area contributed by atoms with E-state index in [9.17, 15) is 9.59 Å². The second-order valence-corrected chi connectivity index (χ2v) is 6.22. The third-order valence-corrected chi connectivity index (χ3v) is 4.67. The van der Waals surface area contributed by atoms with E-state index in [0.717, 1.165) is 18.4 Å². The van der Waals surface area contributed by atoms with Gasteiger partial charge < -0.3 is 0 Å². The highest BCUT2D eigenvalue weighted by Crippen LogP contribution is 2.36. The molecule has 23 heavy (non-hydrogen) atoms. The average molecular weight is 315 g/mol. The average Bonchev–Trinajstić information content (AvgIpc) is 2.50. The van der Waals surface area contributed by atoms with Gasteiger partial charge in [-0.3, -0.25) is 20.2 Å². The molecule has 124 valence electrons. The first kappa shape index (κ1) is 17.2. The maximum atomic E-state index is 12.7. The summed E-state index contributed by atoms with van der Waals surface area (Å²) in [6.07, 6.45) is 2.25. The number of nitrogens with one attached hydrogen (secondary N) is 2. The molecule has 0 saturated carbocycles. The minimum absolute atomic E-state index is 0.0153. The largest absolute Gasteiger partial charge is 0.295 e. The van der Waals surface area contributed by atoms with Gasteiger partial charge in [0.1, 0.15) is 5.41 Å². The third kappa shape index (κ3) is 3.28. The molecule has 1 fully saturated rings. The van der Waals surface area contributed by atoms with Gasteiger partial charge in [0.2, 0.25) is 17.8 Å². The van der Waals surface area contributed by atoms with Crippen molar-refractivity contribution in [1.82, 2.24) is 10.6 Å². The van der Waals surface area contributed by atoms with Crippen molar-refractivity contribution in [3.63, 3.8) is 0 Å². The van der Waals surface area contributed by atoms with Crippen LogP contribution in [0.3, 0.4) is 0 Å². The molecule has 1 aromatic rings. The summed E-state index contributed by atoms with van der Waals surface area (Å²) in [6, 6.07) is 7.57. The summed E-state index contributed by atoms with van der Waals surface area (Å²) in [5.41, 5.74) is 0.809. The van der Waals surface area contributed by atoms with Crippen LogP contribution >= 0.6 is 0 Å². The Morgan fingerprint density at radius 3 is 2.13 bits per heavy atom. The van der Waals surface area contributed by atoms with Gasteiger partial charge in [0, 0.05) is 0 Å². The van der Waals surface area contributed by atoms with E-state index < -0.39 is 5.41 Å². The number of benzene rings is 1. The fourth-order valence-corrected chi connectivity index (χ4v) is 3.17. The molecular weight excluding hydrogens is 290 g/mol. The van der Waals surface area contributed by atoms with Crippen LogP contribution in [0.4, 0.5) is 5.69 Å². The smallest absolute Gasteiger partial charge is 0.242 e. The molecule has 1 aliphatic rings. The van der Waals surface area contributed by atoms with Crippen molar-refractivity contribution >= 4 is 23.5 Å². The Bertz CT molecular complexity index is 600. The highest BCUT2D eigenvalue weighted by Gasteiger charge is 2.51. The second-order valence-electron chi connectivity index (χ2n) is 6.22. The molecule has 1 aromatic carbocycles. The van der Waals surface area contributed by atoms with Gasteiger partial charge in [-0.25, -0.2) is 4.99 Å². The number of carbonyl (C=O) groups is 2. The summed E-state index contributed by atoms with van der Waals surface area (Å²) in [6.45, 7) is 7.90. The van der Waals surface area contributed by atoms with Crippen LogP contribution in [-0.4, -0.2) is 17.8 Å². The normalized spacial score (nSPS) is 22.3. The number of amides is 2. The molecule has 1 saturated heterocycles. The molecule has 2 amide bonds. The molecule has 0 radical (unpaired) electrons. The zero-order valence-corrected chi connectivity index (χ0v) is 14.3. The van der Waals surface area contributed by atoms with Crippen LogP contribution in [-0.2, 0) is 9.59 Å². The fourth-order valence-electron chi connectivity index (χ4n) is 3.17. The lowest BCUT2D eigenvalue weighted by Gasteiger charge is -2.38. The summed E-state index contributed by atoms with van der Waals surface area (Å²) in [7, 11) is 0. The summed E-state index contributed by atoms with van der Waals surface area (Å²) in [5.74, 6) is -0.318. The molecule has 0 aliphatic carbocycles. The van der Waals surface area contributed by atoms with E-state index in [-0.39, 0.29) is 23.7 Å². The predicted molar refractivity (Wildman–Crippen MR) is 91.4 cm³/mol. The summed E-state index contributed by atoms with van der Waals surface area (Å²) < 4.78 is 0. The second kappa shape index (κ2) is 6.94. The third-order valence-electron chi connectivity index (χ3n) is 4.67. The Hall–Kier alpha value is -2.17. The lowest BCUT2D eigenvalue weighted by Crippen LogP contribution is -2.64. The van der Waals surface area contributed by atoms with Crippen LogP contribution < -0.4 is 10.6 Å². The van der Waals surface area contributed by atoms with E-state index in [1.54, 1.807) is 0 Å². The predicted octanol–water partition coefficient (Wildman–Crippen LogP) is 3.06. The van der Waals surface area contributed by atoms with Crippen molar-refractivity contribution in [3.8, 4) is 0 Å². The highest BCUT2D eigenvalue weighted by atomic mass is 16.2. The van der Waals surface area contributed by atoms with Gasteiger partial charge in [0.15, 0.2) is 0 Å². The van der Waals surface area contributed by atoms with Crippen molar-refractivity contribution in [2.45, 2.75) is 47.0 Å². The minimum atomic E-state index is -1.01. The number of carbonyl (C=O) groups excluding carboxylic acids is 2. The summed E-state index contributed by atoms with van der Waals surface area (Å²) >= 11 is 0. The Kier molecular flexibility index (Phi) is 5.19. The topological polar surface area (TPSA) is 70.6 Å². The number of aliphatic imine (C=N–C) groups is 1. The van der Waals surface area contributed by atoms with Crippen molar-refractivity contribution in [1.29, 1.82) is 0 Å². The molecule has 2 N–H and O–H groups in total. The van der Waals surface area contributed by atoms with Crippen molar-refractivity contribution in [2.75, 3.05) is 0 Å². The van der Waals surface area contributed by atoms with Crippen LogP contribution in [0.15, 0.2) is 29.3 Å². The standard InChI is InChI=1S/C18H25N3O2/c1-5-7-13(4)18(6-2)15(22)20-17(21-16(18)23)19-14-10-8-12(3)9-11-14/h8-11,13H,5-7H2,1-4H3,(H2,19,20,21,22,23)/t13-/m1/s1. The van der Waals surface area contributed by atoms with E-state index in [2.05, 4.69) is 22.5 Å². The quantitative estimate of drug-likeness (QED) is 0.820. The Labute approximate surface area is 137 Å². The van der Waals surface area contributed by atoms with Gasteiger partial charge in [0.05, 0.1) is 5.69 Å². The van der Waals surface area contributed by atoms with E-state index in [4.69, 9.17) is 0 Å². The van der Waals surface area contributed by atoms with Crippen molar-refractivity contribution < 1.29 is 9.59 Å². The molecule has 2 rings (SSSR count). The summed E-state index contributed by atoms with van der Waals surface area (Å²) in [4.78, 5) is 29.7. The van der Waals surface area contributed by atoms with E-state index in [1.807, 2.05) is 45.0 Å². The van der Waals surface area contributed by atoms with E-state index in [1.165, 1.54) is 0 Å². The zero-order chi connectivity index (χ0) is 17.0. The fraction of sp³-hybridized carbons (Fsp3) is 0.500. The molecule has 5 heteroatoms. The van der Waals surface area contributed by atoms with Crippen LogP contribution in [0.1, 0.15) is 45.6 Å². The molecule has 1 atom stereocenters. The maximum absolute atomic E-state index is 12.7. The monoisotopic (exact) mass is 315 g/mol. The molecule has 0 aromatic heterocycles. The van der Waals surface area contributed by atoms with Gasteiger partial charge in [0.25, 0.3) is 0 Å². The van der Waals surface area contributed by atoms with Crippen LogP contribution in [0, 0.1) is 18.3 Å². The molecule has 1 heterocycles. The first-order valence-electron chi connectivity index (χ1n) is 8.22. The van der Waals surface area contributed by atoms with Gasteiger partial charge in [-0.15, -0.1) is 0 Å². The number of aryl methyl sites for hydroxylation is 1. The molecule has 0 spiro atoms. The van der Waals surface area contributed by atoms with Gasteiger partial charge in [-0.05, 0) is 37.8 Å². The van der Waals surface area contributed by atoms with Crippen LogP contribution in [0.5, 0.6) is 0 Å². The highest BCUT2D eigenvalue weighted by molar-refractivity contribution is 6.20. The molecule has 0 unspecified atom stereocenters. The van der Waals surface area contributed by atoms with Crippen molar-refractivity contribution in [2.24, 2.45) is 16.3 Å². The van der Waals surface area contributed by atoms with Gasteiger partial charge in [-0.2, -0.15) is 0 Å². The maximum Gasteiger partial charge on any atom is 0.242 e. The van der Waals surface area contributed by atoms with Gasteiger partial charge >= 0.3 is 0 Å². The Morgan fingerprint density at radius 2 is 1.65 bits per heavy atom. The van der Waals surface area contributed by atoms with E-state index in [0.29, 0.717) is 12.1 Å². The van der Waals surface area contributed by atoms with Crippen molar-refractivity contribution in [3.05, 3.63) is 29.8 Å². The Balaban J connectivity index is 2.26. The molecule has 1 aliphatic heterocycles. The first-order chi connectivity index (χ1) is 10.9. The summed E-state index contributed by atoms with van der Waals surface area (Å²) in [5, 5.41) is 5.54. The van der Waals surface area contributed by atoms with Crippen LogP contribution in [0.2, 0.25) is 0 Å². The molecule has 0 bridgehead atoms.